The number of nitrogens with zero attached hydrogens (tertiary/aromatic N) is 1. The second kappa shape index (κ2) is 8.40. The molecule has 1 atom stereocenters. The molecule has 8 nitrogen and oxygen atoms in total. The summed E-state index contributed by atoms with van der Waals surface area (Å²) < 4.78 is 15.5. The van der Waals surface area contributed by atoms with Crippen LogP contribution in [0.4, 0.5) is 9.59 Å². The average molecular weight is 358 g/mol. The molecule has 1 heterocycles. The van der Waals surface area contributed by atoms with Crippen LogP contribution in [0.25, 0.3) is 0 Å². The quantitative estimate of drug-likeness (QED) is 0.471. The number of amides is 2. The van der Waals surface area contributed by atoms with Crippen molar-refractivity contribution in [1.82, 2.24) is 10.2 Å². The summed E-state index contributed by atoms with van der Waals surface area (Å²) in [6.07, 6.45) is -0.177. The van der Waals surface area contributed by atoms with Crippen LogP contribution < -0.4 is 5.32 Å². The minimum Gasteiger partial charge on any atom is -0.462 e. The van der Waals surface area contributed by atoms with Gasteiger partial charge >= 0.3 is 18.2 Å². The fraction of sp³-hybridized carbons (Fsp3) is 0.824. The normalized spacial score (nSPS) is 18.4. The van der Waals surface area contributed by atoms with Crippen LogP contribution in [0.5, 0.6) is 0 Å². The van der Waals surface area contributed by atoms with Crippen LogP contribution in [0.1, 0.15) is 54.4 Å². The maximum Gasteiger partial charge on any atom is 0.411 e. The molecule has 1 N–H and O–H groups in total. The minimum atomic E-state index is -0.705. The van der Waals surface area contributed by atoms with Gasteiger partial charge in [-0.2, -0.15) is 0 Å². The van der Waals surface area contributed by atoms with E-state index in [4.69, 9.17) is 14.2 Å². The van der Waals surface area contributed by atoms with Gasteiger partial charge in [-0.1, -0.05) is 0 Å². The van der Waals surface area contributed by atoms with Crippen LogP contribution in [-0.4, -0.2) is 60.0 Å². The number of cyclic esters (lactones) is 1. The van der Waals surface area contributed by atoms with Gasteiger partial charge in [-0.3, -0.25) is 4.90 Å². The Bertz CT molecular complexity index is 492. The largest absolute Gasteiger partial charge is 0.462 e. The van der Waals surface area contributed by atoms with Gasteiger partial charge in [0.25, 0.3) is 0 Å². The fourth-order valence-electron chi connectivity index (χ4n) is 2.24. The van der Waals surface area contributed by atoms with Crippen molar-refractivity contribution in [2.75, 3.05) is 19.7 Å². The lowest BCUT2D eigenvalue weighted by molar-refractivity contribution is -0.157. The molecule has 1 rings (SSSR count). The van der Waals surface area contributed by atoms with Crippen LogP contribution in [0.15, 0.2) is 0 Å². The number of rotatable bonds is 4. The third kappa shape index (κ3) is 8.09. The summed E-state index contributed by atoms with van der Waals surface area (Å²) >= 11 is 0. The van der Waals surface area contributed by atoms with Crippen LogP contribution in [0.3, 0.4) is 0 Å². The first kappa shape index (κ1) is 21.1. The van der Waals surface area contributed by atoms with Crippen molar-refractivity contribution in [3.8, 4) is 0 Å². The molecule has 0 saturated carbocycles. The lowest BCUT2D eigenvalue weighted by atomic mass is 10.1. The Balaban J connectivity index is 2.51. The van der Waals surface area contributed by atoms with E-state index in [1.54, 1.807) is 41.5 Å². The fourth-order valence-corrected chi connectivity index (χ4v) is 2.24. The number of esters is 1. The zero-order valence-corrected chi connectivity index (χ0v) is 16.0. The first-order chi connectivity index (χ1) is 11.4. The molecule has 1 aliphatic heterocycles. The van der Waals surface area contributed by atoms with Gasteiger partial charge in [-0.05, 0) is 54.4 Å². The summed E-state index contributed by atoms with van der Waals surface area (Å²) in [5.74, 6) is -0.450. The molecule has 25 heavy (non-hydrogen) atoms. The smallest absolute Gasteiger partial charge is 0.411 e. The first-order valence-corrected chi connectivity index (χ1v) is 8.52. The molecule has 0 aromatic carbocycles. The summed E-state index contributed by atoms with van der Waals surface area (Å²) in [6.45, 7) is 11.4. The third-order valence-corrected chi connectivity index (χ3v) is 3.18. The summed E-state index contributed by atoms with van der Waals surface area (Å²) in [5, 5.41) is 2.63. The van der Waals surface area contributed by atoms with Gasteiger partial charge in [0.15, 0.2) is 0 Å². The predicted octanol–water partition coefficient (Wildman–Crippen LogP) is 2.45. The number of nitrogens with one attached hydrogen (secondary N) is 1. The Hall–Kier alpha value is -1.99. The van der Waals surface area contributed by atoms with E-state index >= 15 is 0 Å². The highest BCUT2D eigenvalue weighted by Gasteiger charge is 2.36. The van der Waals surface area contributed by atoms with Gasteiger partial charge in [-0.25, -0.2) is 14.4 Å². The molecule has 1 fully saturated rings. The van der Waals surface area contributed by atoms with E-state index in [-0.39, 0.29) is 6.61 Å². The number of hydrogen-bond acceptors (Lipinski definition) is 6. The number of ether oxygens (including phenoxy) is 3. The highest BCUT2D eigenvalue weighted by molar-refractivity contribution is 5.82. The SMILES string of the molecule is CC(C)(C)OC(=O)NCCC[C@H]1C(=O)OCCN1C(=O)OC(C)(C)C. The molecule has 1 aliphatic rings. The van der Waals surface area contributed by atoms with E-state index in [0.717, 1.165) is 0 Å². The molecule has 0 radical (unpaired) electrons. The second-order valence-corrected chi connectivity index (χ2v) is 7.93. The molecule has 0 spiro atoms. The Morgan fingerprint density at radius 1 is 1.16 bits per heavy atom. The third-order valence-electron chi connectivity index (χ3n) is 3.18. The van der Waals surface area contributed by atoms with Crippen molar-refractivity contribution in [3.63, 3.8) is 0 Å². The van der Waals surface area contributed by atoms with Gasteiger partial charge in [0.2, 0.25) is 0 Å². The van der Waals surface area contributed by atoms with Crippen LogP contribution >= 0.6 is 0 Å². The van der Waals surface area contributed by atoms with Crippen LogP contribution in [0.2, 0.25) is 0 Å². The molecular weight excluding hydrogens is 328 g/mol. The summed E-state index contributed by atoms with van der Waals surface area (Å²) in [5.41, 5.74) is -1.20. The van der Waals surface area contributed by atoms with Crippen LogP contribution in [0, 0.1) is 0 Å². The maximum atomic E-state index is 12.3. The van der Waals surface area contributed by atoms with Crippen molar-refractivity contribution < 1.29 is 28.6 Å². The van der Waals surface area contributed by atoms with Gasteiger partial charge in [-0.15, -0.1) is 0 Å². The van der Waals surface area contributed by atoms with Gasteiger partial charge in [0.05, 0.1) is 6.54 Å². The molecule has 0 aromatic rings. The van der Waals surface area contributed by atoms with E-state index < -0.39 is 35.4 Å². The lowest BCUT2D eigenvalue weighted by Gasteiger charge is -2.35. The average Bonchev–Trinajstić information content (AvgIpc) is 2.40. The molecule has 8 heteroatoms. The Morgan fingerprint density at radius 3 is 2.32 bits per heavy atom. The number of hydrogen-bond donors (Lipinski definition) is 1. The van der Waals surface area contributed by atoms with Crippen molar-refractivity contribution >= 4 is 18.2 Å². The van der Waals surface area contributed by atoms with E-state index in [2.05, 4.69) is 5.32 Å². The zero-order chi connectivity index (χ0) is 19.3. The van der Waals surface area contributed by atoms with Crippen molar-refractivity contribution in [1.29, 1.82) is 0 Å². The minimum absolute atomic E-state index is 0.157. The van der Waals surface area contributed by atoms with Gasteiger partial charge < -0.3 is 19.5 Å². The number of alkyl carbamates (subject to hydrolysis) is 1. The molecule has 0 bridgehead atoms. The molecular formula is C17H30N2O6. The van der Waals surface area contributed by atoms with Crippen LogP contribution in [-0.2, 0) is 19.0 Å². The van der Waals surface area contributed by atoms with Crippen molar-refractivity contribution in [2.24, 2.45) is 0 Å². The number of carbonyl (C=O) groups is 3. The number of carbonyl (C=O) groups excluding carboxylic acids is 3. The Labute approximate surface area is 149 Å². The Kier molecular flexibility index (Phi) is 7.07. The first-order valence-electron chi connectivity index (χ1n) is 8.52. The van der Waals surface area contributed by atoms with E-state index in [1.165, 1.54) is 4.90 Å². The number of morpholine rings is 1. The standard InChI is InChI=1S/C17H30N2O6/c1-16(2,3)24-14(21)18-9-7-8-12-13(20)23-11-10-19(12)15(22)25-17(4,5)6/h12H,7-11H2,1-6H3,(H,18,21)/t12-/m0/s1. The Morgan fingerprint density at radius 2 is 1.76 bits per heavy atom. The zero-order valence-electron chi connectivity index (χ0n) is 16.0. The molecule has 0 unspecified atom stereocenters. The molecule has 0 aliphatic carbocycles. The topological polar surface area (TPSA) is 94.2 Å². The van der Waals surface area contributed by atoms with Gasteiger partial charge in [0.1, 0.15) is 23.9 Å². The summed E-state index contributed by atoms with van der Waals surface area (Å²) in [7, 11) is 0. The van der Waals surface area contributed by atoms with Crippen molar-refractivity contribution in [2.45, 2.75) is 71.6 Å². The highest BCUT2D eigenvalue weighted by Crippen LogP contribution is 2.18. The predicted molar refractivity (Wildman–Crippen MR) is 91.2 cm³/mol. The van der Waals surface area contributed by atoms with E-state index in [9.17, 15) is 14.4 Å². The maximum absolute atomic E-state index is 12.3. The van der Waals surface area contributed by atoms with Crippen molar-refractivity contribution in [3.05, 3.63) is 0 Å². The highest BCUT2D eigenvalue weighted by atomic mass is 16.6. The van der Waals surface area contributed by atoms with Gasteiger partial charge in [0, 0.05) is 6.54 Å². The lowest BCUT2D eigenvalue weighted by Crippen LogP contribution is -2.53. The molecule has 1 saturated heterocycles. The molecule has 2 amide bonds. The molecule has 0 aromatic heterocycles. The monoisotopic (exact) mass is 358 g/mol. The summed E-state index contributed by atoms with van der Waals surface area (Å²) in [6, 6.07) is -0.705. The van der Waals surface area contributed by atoms with E-state index in [0.29, 0.717) is 25.9 Å². The molecule has 144 valence electrons. The second-order valence-electron chi connectivity index (χ2n) is 7.93. The summed E-state index contributed by atoms with van der Waals surface area (Å²) in [4.78, 5) is 37.3. The van der Waals surface area contributed by atoms with E-state index in [1.807, 2.05) is 0 Å².